The van der Waals surface area contributed by atoms with Gasteiger partial charge < -0.3 is 11.1 Å². The number of hydrogen-bond acceptors (Lipinski definition) is 2. The van der Waals surface area contributed by atoms with Gasteiger partial charge in [0.2, 0.25) is 0 Å². The summed E-state index contributed by atoms with van der Waals surface area (Å²) in [5.74, 6) is 0. The Morgan fingerprint density at radius 3 is 2.69 bits per heavy atom. The van der Waals surface area contributed by atoms with E-state index in [4.69, 9.17) is 5.73 Å². The minimum Gasteiger partial charge on any atom is -0.382 e. The van der Waals surface area contributed by atoms with Crippen LogP contribution in [0.25, 0.3) is 0 Å². The van der Waals surface area contributed by atoms with Crippen molar-refractivity contribution in [2.24, 2.45) is 5.73 Å². The Bertz CT molecular complexity index is 401. The van der Waals surface area contributed by atoms with Gasteiger partial charge in [0.25, 0.3) is 0 Å². The molecule has 2 nitrogen and oxygen atoms in total. The van der Waals surface area contributed by atoms with Gasteiger partial charge in [-0.1, -0.05) is 0 Å². The SMILES string of the molecule is CC1CC(N)c2cc(C(F)(F)F)ccc2N1. The second-order valence-corrected chi connectivity index (χ2v) is 4.19. The van der Waals surface area contributed by atoms with Crippen LogP contribution in [0.3, 0.4) is 0 Å². The maximum Gasteiger partial charge on any atom is 0.416 e. The normalized spacial score (nSPS) is 24.8. The highest BCUT2D eigenvalue weighted by molar-refractivity contribution is 5.57. The summed E-state index contributed by atoms with van der Waals surface area (Å²) in [6, 6.07) is 3.54. The van der Waals surface area contributed by atoms with E-state index < -0.39 is 11.7 Å². The summed E-state index contributed by atoms with van der Waals surface area (Å²) in [4.78, 5) is 0. The first-order valence-corrected chi connectivity index (χ1v) is 5.11. The van der Waals surface area contributed by atoms with Gasteiger partial charge in [-0.15, -0.1) is 0 Å². The molecule has 0 aromatic heterocycles. The lowest BCUT2D eigenvalue weighted by Gasteiger charge is -2.29. The molecule has 1 aliphatic heterocycles. The molecule has 16 heavy (non-hydrogen) atoms. The number of nitrogens with one attached hydrogen (secondary N) is 1. The number of halogens is 3. The second-order valence-electron chi connectivity index (χ2n) is 4.19. The molecule has 0 bridgehead atoms. The number of anilines is 1. The molecule has 0 fully saturated rings. The lowest BCUT2D eigenvalue weighted by atomic mass is 9.93. The predicted octanol–water partition coefficient (Wildman–Crippen LogP) is 2.91. The van der Waals surface area contributed by atoms with E-state index in [9.17, 15) is 13.2 Å². The summed E-state index contributed by atoms with van der Waals surface area (Å²) in [7, 11) is 0. The lowest BCUT2D eigenvalue weighted by Crippen LogP contribution is -2.29. The molecule has 2 atom stereocenters. The molecule has 1 aromatic rings. The molecule has 88 valence electrons. The van der Waals surface area contributed by atoms with Crippen molar-refractivity contribution in [2.75, 3.05) is 5.32 Å². The summed E-state index contributed by atoms with van der Waals surface area (Å²) < 4.78 is 37.5. The van der Waals surface area contributed by atoms with Crippen LogP contribution in [0.2, 0.25) is 0 Å². The third-order valence-electron chi connectivity index (χ3n) is 2.79. The van der Waals surface area contributed by atoms with Crippen LogP contribution in [-0.4, -0.2) is 6.04 Å². The number of rotatable bonds is 0. The molecule has 0 spiro atoms. The molecule has 1 aliphatic rings. The van der Waals surface area contributed by atoms with Crippen LogP contribution >= 0.6 is 0 Å². The van der Waals surface area contributed by atoms with Gasteiger partial charge >= 0.3 is 6.18 Å². The molecular weight excluding hydrogens is 217 g/mol. The number of benzene rings is 1. The van der Waals surface area contributed by atoms with E-state index >= 15 is 0 Å². The first kappa shape index (κ1) is 11.3. The van der Waals surface area contributed by atoms with Crippen molar-refractivity contribution in [2.45, 2.75) is 31.6 Å². The Morgan fingerprint density at radius 2 is 2.06 bits per heavy atom. The van der Waals surface area contributed by atoms with Crippen molar-refractivity contribution in [1.82, 2.24) is 0 Å². The largest absolute Gasteiger partial charge is 0.416 e. The minimum atomic E-state index is -4.31. The van der Waals surface area contributed by atoms with Gasteiger partial charge in [0, 0.05) is 17.8 Å². The van der Waals surface area contributed by atoms with E-state index in [0.29, 0.717) is 17.7 Å². The highest BCUT2D eigenvalue weighted by atomic mass is 19.4. The van der Waals surface area contributed by atoms with Crippen LogP contribution in [0.5, 0.6) is 0 Å². The smallest absolute Gasteiger partial charge is 0.382 e. The Balaban J connectivity index is 2.42. The fourth-order valence-corrected chi connectivity index (χ4v) is 2.01. The van der Waals surface area contributed by atoms with Crippen molar-refractivity contribution < 1.29 is 13.2 Å². The average molecular weight is 230 g/mol. The van der Waals surface area contributed by atoms with Crippen LogP contribution in [-0.2, 0) is 6.18 Å². The van der Waals surface area contributed by atoms with Gasteiger partial charge in [-0.05, 0) is 37.1 Å². The maximum atomic E-state index is 12.5. The maximum absolute atomic E-state index is 12.5. The molecule has 0 saturated heterocycles. The van der Waals surface area contributed by atoms with Crippen molar-refractivity contribution in [3.63, 3.8) is 0 Å². The van der Waals surface area contributed by atoms with Crippen LogP contribution in [0.15, 0.2) is 18.2 Å². The van der Waals surface area contributed by atoms with Crippen LogP contribution in [0.4, 0.5) is 18.9 Å². The standard InChI is InChI=1S/C11H13F3N2/c1-6-4-9(15)8-5-7(11(12,13)14)2-3-10(8)16-6/h2-3,5-6,9,16H,4,15H2,1H3. The van der Waals surface area contributed by atoms with E-state index in [1.807, 2.05) is 6.92 Å². The first-order chi connectivity index (χ1) is 7.38. The summed E-state index contributed by atoms with van der Waals surface area (Å²) in [5, 5.41) is 3.12. The molecule has 5 heteroatoms. The molecular formula is C11H13F3N2. The van der Waals surface area contributed by atoms with Crippen molar-refractivity contribution in [3.8, 4) is 0 Å². The molecule has 0 radical (unpaired) electrons. The molecule has 2 rings (SSSR count). The van der Waals surface area contributed by atoms with E-state index in [1.165, 1.54) is 6.07 Å². The van der Waals surface area contributed by atoms with Crippen LogP contribution < -0.4 is 11.1 Å². The van der Waals surface area contributed by atoms with Gasteiger partial charge in [-0.3, -0.25) is 0 Å². The third-order valence-corrected chi connectivity index (χ3v) is 2.79. The molecule has 3 N–H and O–H groups in total. The third kappa shape index (κ3) is 2.00. The Morgan fingerprint density at radius 1 is 1.38 bits per heavy atom. The molecule has 1 aromatic carbocycles. The van der Waals surface area contributed by atoms with E-state index in [0.717, 1.165) is 12.1 Å². The topological polar surface area (TPSA) is 38.0 Å². The highest BCUT2D eigenvalue weighted by Crippen LogP contribution is 2.36. The number of fused-ring (bicyclic) bond motifs is 1. The summed E-state index contributed by atoms with van der Waals surface area (Å²) in [5.41, 5.74) is 6.46. The Kier molecular flexibility index (Phi) is 2.58. The summed E-state index contributed by atoms with van der Waals surface area (Å²) in [6.45, 7) is 1.96. The molecule has 0 amide bonds. The fourth-order valence-electron chi connectivity index (χ4n) is 2.01. The summed E-state index contributed by atoms with van der Waals surface area (Å²) in [6.07, 6.45) is -3.66. The van der Waals surface area contributed by atoms with Crippen molar-refractivity contribution in [3.05, 3.63) is 29.3 Å². The van der Waals surface area contributed by atoms with Gasteiger partial charge in [-0.25, -0.2) is 0 Å². The zero-order chi connectivity index (χ0) is 11.9. The molecule has 2 unspecified atom stereocenters. The second kappa shape index (κ2) is 3.66. The van der Waals surface area contributed by atoms with E-state index in [2.05, 4.69) is 5.32 Å². The van der Waals surface area contributed by atoms with Gasteiger partial charge in [0.05, 0.1) is 5.56 Å². The van der Waals surface area contributed by atoms with E-state index in [1.54, 1.807) is 0 Å². The highest BCUT2D eigenvalue weighted by Gasteiger charge is 2.32. The Labute approximate surface area is 91.6 Å². The Hall–Kier alpha value is -1.23. The average Bonchev–Trinajstić information content (AvgIpc) is 2.15. The number of nitrogens with two attached hydrogens (primary N) is 1. The predicted molar refractivity (Wildman–Crippen MR) is 56.1 cm³/mol. The molecule has 1 heterocycles. The fraction of sp³-hybridized carbons (Fsp3) is 0.455. The molecule has 0 aliphatic carbocycles. The van der Waals surface area contributed by atoms with Crippen LogP contribution in [0.1, 0.15) is 30.5 Å². The number of hydrogen-bond donors (Lipinski definition) is 2. The van der Waals surface area contributed by atoms with Crippen molar-refractivity contribution in [1.29, 1.82) is 0 Å². The molecule has 0 saturated carbocycles. The van der Waals surface area contributed by atoms with Crippen LogP contribution in [0, 0.1) is 0 Å². The van der Waals surface area contributed by atoms with Crippen molar-refractivity contribution >= 4 is 5.69 Å². The zero-order valence-electron chi connectivity index (χ0n) is 8.81. The lowest BCUT2D eigenvalue weighted by molar-refractivity contribution is -0.137. The van der Waals surface area contributed by atoms with Gasteiger partial charge in [-0.2, -0.15) is 13.2 Å². The van der Waals surface area contributed by atoms with E-state index in [-0.39, 0.29) is 12.1 Å². The first-order valence-electron chi connectivity index (χ1n) is 5.11. The van der Waals surface area contributed by atoms with Gasteiger partial charge in [0.1, 0.15) is 0 Å². The van der Waals surface area contributed by atoms with Gasteiger partial charge in [0.15, 0.2) is 0 Å². The monoisotopic (exact) mass is 230 g/mol. The minimum absolute atomic E-state index is 0.194. The quantitative estimate of drug-likeness (QED) is 0.719. The summed E-state index contributed by atoms with van der Waals surface area (Å²) >= 11 is 0. The number of alkyl halides is 3. The zero-order valence-corrected chi connectivity index (χ0v) is 8.81.